The van der Waals surface area contributed by atoms with Crippen molar-refractivity contribution in [2.45, 2.75) is 244 Å². The van der Waals surface area contributed by atoms with E-state index in [0.717, 1.165) is 46.0 Å². The molecule has 0 N–H and O–H groups in total. The second-order valence-electron chi connectivity index (χ2n) is 19.5. The van der Waals surface area contributed by atoms with Gasteiger partial charge in [-0.15, -0.1) is 0 Å². The van der Waals surface area contributed by atoms with Crippen LogP contribution in [0.1, 0.15) is 233 Å². The summed E-state index contributed by atoms with van der Waals surface area (Å²) in [6.45, 7) is 11.1. The molecule has 0 amide bonds. The summed E-state index contributed by atoms with van der Waals surface area (Å²) in [5.41, 5.74) is 1.09. The van der Waals surface area contributed by atoms with Gasteiger partial charge < -0.3 is 0 Å². The van der Waals surface area contributed by atoms with Gasteiger partial charge in [0, 0.05) is 10.5 Å². The Kier molecular flexibility index (Phi) is 18.7. The number of thioether (sulfide) groups is 2. The van der Waals surface area contributed by atoms with Crippen LogP contribution in [0.15, 0.2) is 0 Å². The topological polar surface area (TPSA) is 0 Å². The lowest BCUT2D eigenvalue weighted by atomic mass is 9.62. The molecule has 1 saturated heterocycles. The van der Waals surface area contributed by atoms with Gasteiger partial charge in [0.2, 0.25) is 0 Å². The Labute approximate surface area is 323 Å². The van der Waals surface area contributed by atoms with Gasteiger partial charge in [0.15, 0.2) is 0 Å². The highest BCUT2D eigenvalue weighted by molar-refractivity contribution is 8.00. The van der Waals surface area contributed by atoms with Gasteiger partial charge in [-0.25, -0.2) is 0 Å². The predicted molar refractivity (Wildman–Crippen MR) is 229 cm³/mol. The number of hydrogen-bond donors (Lipinski definition) is 0. The summed E-state index contributed by atoms with van der Waals surface area (Å²) >= 11 is 4.83. The molecule has 7 atom stereocenters. The van der Waals surface area contributed by atoms with Crippen molar-refractivity contribution in [1.29, 1.82) is 0 Å². The van der Waals surface area contributed by atoms with E-state index >= 15 is 0 Å². The predicted octanol–water partition coefficient (Wildman–Crippen LogP) is 16.5. The monoisotopic (exact) mass is 729 g/mol. The third-order valence-electron chi connectivity index (χ3n) is 16.5. The summed E-state index contributed by atoms with van der Waals surface area (Å²) in [6, 6.07) is 0. The van der Waals surface area contributed by atoms with Gasteiger partial charge in [0.1, 0.15) is 0 Å². The molecule has 0 spiro atoms. The van der Waals surface area contributed by atoms with Crippen molar-refractivity contribution >= 4 is 23.5 Å². The maximum Gasteiger partial charge on any atom is 0.00575 e. The zero-order chi connectivity index (χ0) is 35.1. The van der Waals surface area contributed by atoms with Crippen molar-refractivity contribution in [2.75, 3.05) is 11.5 Å². The molecule has 5 fully saturated rings. The second-order valence-corrected chi connectivity index (χ2v) is 22.3. The highest BCUT2D eigenvalue weighted by Gasteiger charge is 2.67. The largest absolute Gasteiger partial charge is 0.159 e. The third-order valence-corrected chi connectivity index (χ3v) is 19.3. The Balaban J connectivity index is 1.32. The zero-order valence-corrected chi connectivity index (χ0v) is 36.1. The van der Waals surface area contributed by atoms with Crippen LogP contribution in [0.4, 0.5) is 0 Å². The van der Waals surface area contributed by atoms with E-state index in [1.54, 1.807) is 12.8 Å². The van der Waals surface area contributed by atoms with Crippen LogP contribution in [0.25, 0.3) is 0 Å². The molecule has 2 heteroatoms. The van der Waals surface area contributed by atoms with E-state index in [1.165, 1.54) is 204 Å². The Morgan fingerprint density at radius 2 is 0.720 bits per heavy atom. The lowest BCUT2D eigenvalue weighted by Crippen LogP contribution is -2.35. The minimum Gasteiger partial charge on any atom is -0.159 e. The Bertz CT molecular complexity index is 857. The van der Waals surface area contributed by atoms with Gasteiger partial charge in [-0.1, -0.05) is 175 Å². The van der Waals surface area contributed by atoms with Gasteiger partial charge >= 0.3 is 0 Å². The molecule has 5 aliphatic rings. The molecule has 4 aliphatic carbocycles. The minimum absolute atomic E-state index is 0.539. The average Bonchev–Trinajstić information content (AvgIpc) is 3.67. The quantitative estimate of drug-likeness (QED) is 0.256. The Morgan fingerprint density at radius 1 is 0.400 bits per heavy atom. The molecule has 0 aromatic heterocycles. The highest BCUT2D eigenvalue weighted by atomic mass is 32.2. The van der Waals surface area contributed by atoms with Crippen LogP contribution in [-0.4, -0.2) is 22.0 Å². The smallest absolute Gasteiger partial charge is 0.00575 e. The molecule has 50 heavy (non-hydrogen) atoms. The van der Waals surface area contributed by atoms with Crippen LogP contribution in [-0.2, 0) is 0 Å². The van der Waals surface area contributed by atoms with E-state index in [-0.39, 0.29) is 0 Å². The molecule has 1 aliphatic heterocycles. The van der Waals surface area contributed by atoms with Crippen LogP contribution in [0.5, 0.6) is 0 Å². The fraction of sp³-hybridized carbons (Fsp3) is 1.00. The fourth-order valence-corrected chi connectivity index (χ4v) is 15.9. The first-order valence-corrected chi connectivity index (χ1v) is 25.8. The molecule has 0 aromatic rings. The van der Waals surface area contributed by atoms with E-state index < -0.39 is 0 Å². The average molecular weight is 729 g/mol. The standard InChI is InChI=1S/C48H88S2/c1-5-47(3,40-30-18-14-10-8-7-9-11-15-19-31-40)45-44(39-28-22-23-29-39)46(45)48(4,6-2)41-32-24-26-36-49-42-34-20-16-12-13-17-21-35-43(38-42)50-37-27-25-33-41/h39-46H,5-38H2,1-4H3/t41?,42?,43?,44?,45?,46?,47-,48+/m0/s1. The maximum atomic E-state index is 2.89. The second kappa shape index (κ2) is 22.3. The summed E-state index contributed by atoms with van der Waals surface area (Å²) in [7, 11) is 0. The van der Waals surface area contributed by atoms with Crippen molar-refractivity contribution < 1.29 is 0 Å². The van der Waals surface area contributed by atoms with Crippen LogP contribution >= 0.6 is 23.5 Å². The molecule has 5 rings (SSSR count). The summed E-state index contributed by atoms with van der Waals surface area (Å²) in [4.78, 5) is 0. The lowest BCUT2D eigenvalue weighted by molar-refractivity contribution is 0.0595. The van der Waals surface area contributed by atoms with Crippen molar-refractivity contribution in [3.05, 3.63) is 0 Å². The van der Waals surface area contributed by atoms with Crippen molar-refractivity contribution in [2.24, 2.45) is 46.3 Å². The first-order chi connectivity index (χ1) is 24.5. The Hall–Kier alpha value is 0.700. The molecule has 0 nitrogen and oxygen atoms in total. The SMILES string of the molecule is CC[C@@](C)(C1CCCCCCCCCCC1)C1C(C2CCCC2)C1[C@](C)(CC)C1CCCCSC2CCCCCCCCC(C2)SCCCC1. The molecule has 4 saturated carbocycles. The summed E-state index contributed by atoms with van der Waals surface area (Å²) in [5, 5.41) is 1.87. The molecular weight excluding hydrogens is 641 g/mol. The van der Waals surface area contributed by atoms with Gasteiger partial charge in [0.05, 0.1) is 0 Å². The van der Waals surface area contributed by atoms with Gasteiger partial charge in [-0.3, -0.25) is 0 Å². The van der Waals surface area contributed by atoms with Gasteiger partial charge in [-0.2, -0.15) is 23.5 Å². The van der Waals surface area contributed by atoms with Crippen molar-refractivity contribution in [3.63, 3.8) is 0 Å². The normalized spacial score (nSPS) is 36.0. The molecule has 5 unspecified atom stereocenters. The Morgan fingerprint density at radius 3 is 1.10 bits per heavy atom. The van der Waals surface area contributed by atoms with E-state index in [4.69, 9.17) is 0 Å². The summed E-state index contributed by atoms with van der Waals surface area (Å²) < 4.78 is 0. The molecule has 1 heterocycles. The van der Waals surface area contributed by atoms with Gasteiger partial charge in [-0.05, 0) is 116 Å². The zero-order valence-electron chi connectivity index (χ0n) is 34.5. The first kappa shape index (κ1) is 41.9. The molecule has 2 bridgehead atoms. The minimum atomic E-state index is 0.539. The van der Waals surface area contributed by atoms with E-state index in [9.17, 15) is 0 Å². The number of hydrogen-bond acceptors (Lipinski definition) is 2. The highest BCUT2D eigenvalue weighted by Crippen LogP contribution is 2.73. The lowest BCUT2D eigenvalue weighted by Gasteiger charge is -2.43. The summed E-state index contributed by atoms with van der Waals surface area (Å²) in [6.07, 6.45) is 48.1. The molecule has 0 radical (unpaired) electrons. The van der Waals surface area contributed by atoms with Crippen LogP contribution in [0, 0.1) is 46.3 Å². The maximum absolute atomic E-state index is 2.89. The van der Waals surface area contributed by atoms with E-state index in [1.807, 2.05) is 0 Å². The molecule has 0 aromatic carbocycles. The number of fused-ring (bicyclic) bond motifs is 2. The fourth-order valence-electron chi connectivity index (χ4n) is 13.0. The van der Waals surface area contributed by atoms with E-state index in [2.05, 4.69) is 51.2 Å². The van der Waals surface area contributed by atoms with Crippen molar-refractivity contribution in [3.8, 4) is 0 Å². The third kappa shape index (κ3) is 11.8. The summed E-state index contributed by atoms with van der Waals surface area (Å²) in [5.74, 6) is 8.87. The van der Waals surface area contributed by atoms with Crippen LogP contribution < -0.4 is 0 Å². The van der Waals surface area contributed by atoms with Crippen LogP contribution in [0.2, 0.25) is 0 Å². The number of rotatable bonds is 7. The molecule has 292 valence electrons. The van der Waals surface area contributed by atoms with Crippen molar-refractivity contribution in [1.82, 2.24) is 0 Å². The first-order valence-electron chi connectivity index (χ1n) is 23.7. The molecular formula is C48H88S2. The van der Waals surface area contributed by atoms with E-state index in [0.29, 0.717) is 10.8 Å². The van der Waals surface area contributed by atoms with Crippen LogP contribution in [0.3, 0.4) is 0 Å². The van der Waals surface area contributed by atoms with Gasteiger partial charge in [0.25, 0.3) is 0 Å².